The third-order valence-electron chi connectivity index (χ3n) is 3.14. The monoisotopic (exact) mass is 356 g/mol. The topological polar surface area (TPSA) is 52.6 Å². The molecule has 1 aromatic carbocycles. The van der Waals surface area contributed by atoms with Crippen molar-refractivity contribution in [2.75, 3.05) is 0 Å². The molecule has 26 heavy (non-hydrogen) atoms. The van der Waals surface area contributed by atoms with Gasteiger partial charge in [0.05, 0.1) is 0 Å². The number of halogens is 1. The molecule has 0 N–H and O–H groups in total. The maximum Gasteiger partial charge on any atom is 0.338 e. The normalized spacial score (nSPS) is 11.2. The number of rotatable bonds is 7. The summed E-state index contributed by atoms with van der Waals surface area (Å²) in [6, 6.07) is 3.99. The van der Waals surface area contributed by atoms with Gasteiger partial charge in [-0.1, -0.05) is 25.8 Å². The number of benzene rings is 1. The average molecular weight is 356 g/mol. The number of esters is 2. The summed E-state index contributed by atoms with van der Waals surface area (Å²) >= 11 is 0. The molecule has 5 heteroatoms. The Bertz CT molecular complexity index is 828. The minimum Gasteiger partial charge on any atom is -0.424 e. The molecule has 0 saturated carbocycles. The van der Waals surface area contributed by atoms with Crippen molar-refractivity contribution in [2.24, 2.45) is 0 Å². The second kappa shape index (κ2) is 9.32. The lowest BCUT2D eigenvalue weighted by Gasteiger charge is -2.08. The van der Waals surface area contributed by atoms with Crippen LogP contribution in [0.2, 0.25) is 0 Å². The molecule has 0 radical (unpaired) electrons. The van der Waals surface area contributed by atoms with Gasteiger partial charge in [0.1, 0.15) is 17.3 Å². The second-order valence-corrected chi connectivity index (χ2v) is 5.53. The van der Waals surface area contributed by atoms with E-state index in [1.807, 2.05) is 0 Å². The van der Waals surface area contributed by atoms with E-state index in [-0.39, 0.29) is 28.2 Å². The Labute approximate surface area is 152 Å². The smallest absolute Gasteiger partial charge is 0.338 e. The quantitative estimate of drug-likeness (QED) is 0.229. The van der Waals surface area contributed by atoms with Gasteiger partial charge in [0.2, 0.25) is 0 Å². The molecule has 0 aliphatic carbocycles. The molecule has 136 valence electrons. The van der Waals surface area contributed by atoms with Gasteiger partial charge in [-0.2, -0.15) is 0 Å². The molecule has 4 nitrogen and oxygen atoms in total. The highest BCUT2D eigenvalue weighted by molar-refractivity contribution is 5.89. The lowest BCUT2D eigenvalue weighted by molar-refractivity contribution is -0.134. The fourth-order valence-electron chi connectivity index (χ4n) is 1.67. The van der Waals surface area contributed by atoms with Crippen LogP contribution in [-0.4, -0.2) is 11.9 Å². The Morgan fingerprint density at radius 3 is 2.15 bits per heavy atom. The van der Waals surface area contributed by atoms with Crippen molar-refractivity contribution in [3.8, 4) is 5.75 Å². The van der Waals surface area contributed by atoms with Gasteiger partial charge in [-0.25, -0.2) is 14.0 Å². The molecule has 0 amide bonds. The van der Waals surface area contributed by atoms with Gasteiger partial charge in [-0.3, -0.25) is 0 Å². The number of carbonyl (C=O) groups excluding carboxylic acids is 2. The molecule has 0 atom stereocenters. The Balaban J connectivity index is 2.90. The zero-order chi connectivity index (χ0) is 19.9. The van der Waals surface area contributed by atoms with E-state index in [9.17, 15) is 14.0 Å². The molecule has 1 aromatic rings. The minimum absolute atomic E-state index is 0.0700. The van der Waals surface area contributed by atoms with Crippen molar-refractivity contribution >= 4 is 17.5 Å². The number of carbonyl (C=O) groups is 2. The molecule has 0 heterocycles. The third-order valence-corrected chi connectivity index (χ3v) is 3.14. The Kier molecular flexibility index (Phi) is 7.47. The third kappa shape index (κ3) is 6.02. The van der Waals surface area contributed by atoms with Crippen LogP contribution in [0.5, 0.6) is 5.75 Å². The van der Waals surface area contributed by atoms with Crippen molar-refractivity contribution in [2.45, 2.75) is 20.8 Å². The minimum atomic E-state index is -0.632. The zero-order valence-electron chi connectivity index (χ0n) is 15.1. The molecule has 0 saturated heterocycles. The maximum absolute atomic E-state index is 14.3. The van der Waals surface area contributed by atoms with Gasteiger partial charge in [-0.05, 0) is 50.6 Å². The molecule has 0 aromatic heterocycles. The second-order valence-electron chi connectivity index (χ2n) is 5.53. The highest BCUT2D eigenvalue weighted by Crippen LogP contribution is 2.23. The predicted molar refractivity (Wildman–Crippen MR) is 99.7 cm³/mol. The lowest BCUT2D eigenvalue weighted by Crippen LogP contribution is -2.08. The summed E-state index contributed by atoms with van der Waals surface area (Å²) in [6.07, 6.45) is 4.60. The summed E-state index contributed by atoms with van der Waals surface area (Å²) < 4.78 is 24.3. The van der Waals surface area contributed by atoms with Crippen molar-refractivity contribution < 1.29 is 23.5 Å². The van der Waals surface area contributed by atoms with Crippen LogP contribution in [-0.2, 0) is 14.3 Å². The van der Waals surface area contributed by atoms with E-state index in [4.69, 9.17) is 9.47 Å². The summed E-state index contributed by atoms with van der Waals surface area (Å²) in [6.45, 7) is 15.5. The summed E-state index contributed by atoms with van der Waals surface area (Å²) in [5.74, 6) is -1.43. The van der Waals surface area contributed by atoms with Gasteiger partial charge >= 0.3 is 11.9 Å². The van der Waals surface area contributed by atoms with Crippen LogP contribution in [0.25, 0.3) is 5.57 Å². The van der Waals surface area contributed by atoms with Gasteiger partial charge < -0.3 is 9.47 Å². The van der Waals surface area contributed by atoms with E-state index >= 15 is 0 Å². The fourth-order valence-corrected chi connectivity index (χ4v) is 1.67. The highest BCUT2D eigenvalue weighted by Gasteiger charge is 2.10. The molecular formula is C21H21FO4. The summed E-state index contributed by atoms with van der Waals surface area (Å²) in [4.78, 5) is 23.0. The van der Waals surface area contributed by atoms with Gasteiger partial charge in [0.25, 0.3) is 0 Å². The van der Waals surface area contributed by atoms with Crippen LogP contribution in [0.4, 0.5) is 4.39 Å². The van der Waals surface area contributed by atoms with Crippen LogP contribution in [0.3, 0.4) is 0 Å². The van der Waals surface area contributed by atoms with Crippen molar-refractivity contribution in [3.63, 3.8) is 0 Å². The fraction of sp³-hybridized carbons (Fsp3) is 0.143. The first-order chi connectivity index (χ1) is 12.1. The summed E-state index contributed by atoms with van der Waals surface area (Å²) in [7, 11) is 0. The lowest BCUT2D eigenvalue weighted by atomic mass is 10.1. The van der Waals surface area contributed by atoms with Crippen LogP contribution < -0.4 is 4.74 Å². The van der Waals surface area contributed by atoms with Crippen molar-refractivity contribution in [1.82, 2.24) is 0 Å². The van der Waals surface area contributed by atoms with E-state index in [1.54, 1.807) is 13.0 Å². The largest absolute Gasteiger partial charge is 0.424 e. The van der Waals surface area contributed by atoms with E-state index in [1.165, 1.54) is 38.1 Å². The van der Waals surface area contributed by atoms with Gasteiger partial charge in [0, 0.05) is 22.8 Å². The number of hydrogen-bond acceptors (Lipinski definition) is 4. The van der Waals surface area contributed by atoms with Crippen LogP contribution in [0, 0.1) is 5.82 Å². The first kappa shape index (κ1) is 20.8. The number of hydrogen-bond donors (Lipinski definition) is 0. The van der Waals surface area contributed by atoms with Crippen molar-refractivity contribution in [1.29, 1.82) is 0 Å². The van der Waals surface area contributed by atoms with E-state index in [2.05, 4.69) is 19.7 Å². The van der Waals surface area contributed by atoms with E-state index in [0.29, 0.717) is 5.57 Å². The molecule has 0 aliphatic heterocycles. The Hall–Kier alpha value is -3.21. The number of allylic oxidation sites excluding steroid dienone is 4. The van der Waals surface area contributed by atoms with Crippen molar-refractivity contribution in [3.05, 3.63) is 84.5 Å². The Morgan fingerprint density at radius 2 is 1.65 bits per heavy atom. The highest BCUT2D eigenvalue weighted by atomic mass is 19.1. The van der Waals surface area contributed by atoms with Gasteiger partial charge in [0.15, 0.2) is 0 Å². The molecule has 0 spiro atoms. The van der Waals surface area contributed by atoms with E-state index in [0.717, 1.165) is 6.07 Å². The SMILES string of the molecule is C=C(C)C(=O)OC(/C=C\C(=C)c1ccc(OC(=O)C(=C)C)cc1F)=C/C. The molecule has 0 unspecified atom stereocenters. The molecule has 0 fully saturated rings. The Morgan fingerprint density at radius 1 is 1.04 bits per heavy atom. The maximum atomic E-state index is 14.3. The standard InChI is InChI=1S/C21H21FO4/c1-7-16(25-20(23)13(2)3)9-8-15(6)18-11-10-17(12-19(18)22)26-21(24)14(4)5/h7-12H,2,4,6H2,1,3,5H3/b9-8-,16-7+. The van der Waals surface area contributed by atoms with Crippen LogP contribution in [0.1, 0.15) is 26.3 Å². The molecular weight excluding hydrogens is 335 g/mol. The van der Waals surface area contributed by atoms with Crippen LogP contribution >= 0.6 is 0 Å². The van der Waals surface area contributed by atoms with Gasteiger partial charge in [-0.15, -0.1) is 0 Å². The number of ether oxygens (including phenoxy) is 2. The van der Waals surface area contributed by atoms with E-state index < -0.39 is 17.8 Å². The summed E-state index contributed by atoms with van der Waals surface area (Å²) in [5, 5.41) is 0. The summed E-state index contributed by atoms with van der Waals surface area (Å²) in [5.41, 5.74) is 1.05. The predicted octanol–water partition coefficient (Wildman–Crippen LogP) is 4.90. The molecule has 1 rings (SSSR count). The average Bonchev–Trinajstić information content (AvgIpc) is 2.57. The molecule has 0 aliphatic rings. The first-order valence-corrected chi connectivity index (χ1v) is 7.74. The molecule has 0 bridgehead atoms. The zero-order valence-corrected chi connectivity index (χ0v) is 15.1. The first-order valence-electron chi connectivity index (χ1n) is 7.74. The van der Waals surface area contributed by atoms with Crippen LogP contribution in [0.15, 0.2) is 73.1 Å².